The largest absolute Gasteiger partial charge is 0.366 e. The number of aromatic nitrogens is 6. The maximum Gasteiger partial charge on any atom is 0.241 e. The van der Waals surface area contributed by atoms with Gasteiger partial charge in [0.25, 0.3) is 0 Å². The molecule has 9 heteroatoms. The molecule has 5 rings (SSSR count). The fourth-order valence-electron chi connectivity index (χ4n) is 3.95. The number of nitrogens with two attached hydrogens (primary N) is 1. The lowest BCUT2D eigenvalue weighted by molar-refractivity contribution is -0.113. The number of aryl methyl sites for hydroxylation is 1. The Morgan fingerprint density at radius 3 is 2.80 bits per heavy atom. The number of fused-ring (bicyclic) bond motifs is 1. The fourth-order valence-corrected chi connectivity index (χ4v) is 3.95. The maximum absolute atomic E-state index is 11.5. The lowest BCUT2D eigenvalue weighted by Gasteiger charge is -2.08. The molecule has 4 aromatic heterocycles. The molecule has 5 aromatic rings. The number of nitrogens with zero attached hydrogens (tertiary/aromatic N) is 7. The van der Waals surface area contributed by atoms with Gasteiger partial charge in [-0.2, -0.15) is 15.5 Å². The molecule has 1 aromatic carbocycles. The minimum Gasteiger partial charge on any atom is -0.366 e. The van der Waals surface area contributed by atoms with Crippen LogP contribution in [0.3, 0.4) is 0 Å². The highest BCUT2D eigenvalue weighted by Gasteiger charge is 2.19. The van der Waals surface area contributed by atoms with Crippen molar-refractivity contribution in [2.45, 2.75) is 13.5 Å². The Hall–Kier alpha value is -5.10. The van der Waals surface area contributed by atoms with Crippen LogP contribution in [-0.4, -0.2) is 35.3 Å². The monoisotopic (exact) mass is 460 g/mol. The smallest absolute Gasteiger partial charge is 0.241 e. The van der Waals surface area contributed by atoms with Crippen LogP contribution >= 0.6 is 0 Å². The standard InChI is InChI=1S/C26H20N8O/c1-17-4-2-7-22(31-17)26-21(15-33(32-26)14-19-6-3-5-18(12-19)13-27)20-8-11-25-29-16-30-34(25)23(20)9-10-24(28)35/h2-12,15-16H,14H2,1H3,(H2,28,35)/b10-9+. The van der Waals surface area contributed by atoms with Crippen LogP contribution in [0.1, 0.15) is 22.5 Å². The number of pyridine rings is 2. The van der Waals surface area contributed by atoms with Gasteiger partial charge >= 0.3 is 0 Å². The van der Waals surface area contributed by atoms with Crippen LogP contribution in [-0.2, 0) is 11.3 Å². The topological polar surface area (TPSA) is 128 Å². The minimum absolute atomic E-state index is 0.465. The molecule has 0 aliphatic carbocycles. The van der Waals surface area contributed by atoms with Crippen LogP contribution in [0.4, 0.5) is 0 Å². The molecule has 4 heterocycles. The predicted octanol–water partition coefficient (Wildman–Crippen LogP) is 3.38. The van der Waals surface area contributed by atoms with E-state index in [0.717, 1.165) is 22.4 Å². The highest BCUT2D eigenvalue weighted by Crippen LogP contribution is 2.33. The summed E-state index contributed by atoms with van der Waals surface area (Å²) in [5.41, 5.74) is 12.0. The number of carbonyl (C=O) groups is 1. The minimum atomic E-state index is -0.568. The maximum atomic E-state index is 11.5. The first-order valence-corrected chi connectivity index (χ1v) is 10.8. The van der Waals surface area contributed by atoms with E-state index < -0.39 is 5.91 Å². The summed E-state index contributed by atoms with van der Waals surface area (Å²) < 4.78 is 3.47. The molecule has 170 valence electrons. The van der Waals surface area contributed by atoms with Crippen LogP contribution in [0.2, 0.25) is 0 Å². The summed E-state index contributed by atoms with van der Waals surface area (Å²) in [6.07, 6.45) is 6.30. The Bertz CT molecular complexity index is 1640. The molecule has 0 unspecified atom stereocenters. The van der Waals surface area contributed by atoms with Crippen LogP contribution in [0.5, 0.6) is 0 Å². The second kappa shape index (κ2) is 9.03. The molecule has 0 bridgehead atoms. The Labute approximate surface area is 200 Å². The van der Waals surface area contributed by atoms with E-state index in [1.54, 1.807) is 16.7 Å². The van der Waals surface area contributed by atoms with Crippen LogP contribution in [0.15, 0.2) is 73.2 Å². The van der Waals surface area contributed by atoms with E-state index >= 15 is 0 Å². The highest BCUT2D eigenvalue weighted by molar-refractivity contribution is 5.92. The van der Waals surface area contributed by atoms with Gasteiger partial charge in [0, 0.05) is 29.1 Å². The molecule has 2 N–H and O–H groups in total. The van der Waals surface area contributed by atoms with Gasteiger partial charge in [0.2, 0.25) is 5.91 Å². The number of primary amides is 1. The molecular formula is C26H20N8O. The number of carbonyl (C=O) groups excluding carboxylic acids is 1. The average molecular weight is 461 g/mol. The zero-order chi connectivity index (χ0) is 24.4. The van der Waals surface area contributed by atoms with E-state index in [9.17, 15) is 10.1 Å². The van der Waals surface area contributed by atoms with E-state index in [4.69, 9.17) is 10.8 Å². The van der Waals surface area contributed by atoms with Gasteiger partial charge in [0.15, 0.2) is 5.65 Å². The van der Waals surface area contributed by atoms with Crippen molar-refractivity contribution in [1.29, 1.82) is 5.26 Å². The molecule has 35 heavy (non-hydrogen) atoms. The van der Waals surface area contributed by atoms with Gasteiger partial charge in [-0.25, -0.2) is 9.50 Å². The first-order chi connectivity index (χ1) is 17.0. The molecule has 0 aliphatic rings. The molecule has 0 aliphatic heterocycles. The molecule has 9 nitrogen and oxygen atoms in total. The van der Waals surface area contributed by atoms with Crippen molar-refractivity contribution in [1.82, 2.24) is 29.4 Å². The lowest BCUT2D eigenvalue weighted by atomic mass is 10.0. The SMILES string of the molecule is Cc1cccc(-c2nn(Cc3cccc(C#N)c3)cc2-c2ccc3ncnn3c2/C=C/C(N)=O)n1. The number of amides is 1. The normalized spacial score (nSPS) is 11.2. The molecule has 0 radical (unpaired) electrons. The summed E-state index contributed by atoms with van der Waals surface area (Å²) in [5, 5.41) is 18.4. The molecule has 1 amide bonds. The van der Waals surface area contributed by atoms with E-state index in [-0.39, 0.29) is 0 Å². The van der Waals surface area contributed by atoms with Gasteiger partial charge in [0.1, 0.15) is 12.0 Å². The number of hydrogen-bond donors (Lipinski definition) is 1. The van der Waals surface area contributed by atoms with Crippen molar-refractivity contribution in [2.75, 3.05) is 0 Å². The number of nitriles is 1. The third kappa shape index (κ3) is 4.41. The summed E-state index contributed by atoms with van der Waals surface area (Å²) in [4.78, 5) is 20.5. The highest BCUT2D eigenvalue weighted by atomic mass is 16.1. The molecular weight excluding hydrogens is 440 g/mol. The van der Waals surface area contributed by atoms with Crippen LogP contribution in [0, 0.1) is 18.3 Å². The zero-order valence-corrected chi connectivity index (χ0v) is 18.8. The number of rotatable bonds is 6. The molecule has 0 spiro atoms. The zero-order valence-electron chi connectivity index (χ0n) is 18.8. The Morgan fingerprint density at radius 2 is 2.00 bits per heavy atom. The van der Waals surface area contributed by atoms with Gasteiger partial charge < -0.3 is 5.73 Å². The second-order valence-electron chi connectivity index (χ2n) is 7.96. The van der Waals surface area contributed by atoms with Gasteiger partial charge in [0.05, 0.1) is 29.6 Å². The van der Waals surface area contributed by atoms with Crippen molar-refractivity contribution >= 4 is 17.6 Å². The molecule has 0 fully saturated rings. The predicted molar refractivity (Wildman–Crippen MR) is 131 cm³/mol. The number of hydrogen-bond acceptors (Lipinski definition) is 6. The summed E-state index contributed by atoms with van der Waals surface area (Å²) in [6, 6.07) is 19.1. The Balaban J connectivity index is 1.71. The first kappa shape index (κ1) is 21.7. The Morgan fingerprint density at radius 1 is 1.14 bits per heavy atom. The third-order valence-electron chi connectivity index (χ3n) is 5.47. The van der Waals surface area contributed by atoms with Crippen molar-refractivity contribution in [3.63, 3.8) is 0 Å². The lowest BCUT2D eigenvalue weighted by Crippen LogP contribution is -2.06. The second-order valence-corrected chi connectivity index (χ2v) is 7.96. The van der Waals surface area contributed by atoms with E-state index in [0.29, 0.717) is 34.8 Å². The van der Waals surface area contributed by atoms with Gasteiger partial charge in [-0.3, -0.25) is 14.5 Å². The summed E-state index contributed by atoms with van der Waals surface area (Å²) in [7, 11) is 0. The van der Waals surface area contributed by atoms with Crippen LogP contribution < -0.4 is 5.73 Å². The van der Waals surface area contributed by atoms with Gasteiger partial charge in [-0.1, -0.05) is 18.2 Å². The number of benzene rings is 1. The molecule has 0 saturated carbocycles. The average Bonchev–Trinajstić information content (AvgIpc) is 3.50. The summed E-state index contributed by atoms with van der Waals surface area (Å²) in [5.74, 6) is -0.568. The van der Waals surface area contributed by atoms with Crippen LogP contribution in [0.25, 0.3) is 34.2 Å². The quantitative estimate of drug-likeness (QED) is 0.387. The van der Waals surface area contributed by atoms with Crippen molar-refractivity contribution in [3.8, 4) is 28.6 Å². The van der Waals surface area contributed by atoms with E-state index in [2.05, 4.69) is 21.1 Å². The van der Waals surface area contributed by atoms with E-state index in [1.807, 2.05) is 66.3 Å². The first-order valence-electron chi connectivity index (χ1n) is 10.8. The van der Waals surface area contributed by atoms with E-state index in [1.165, 1.54) is 12.4 Å². The van der Waals surface area contributed by atoms with Gasteiger partial charge in [-0.05, 0) is 55.0 Å². The van der Waals surface area contributed by atoms with Crippen molar-refractivity contribution in [3.05, 3.63) is 95.7 Å². The van der Waals surface area contributed by atoms with Gasteiger partial charge in [-0.15, -0.1) is 0 Å². The molecule has 0 atom stereocenters. The molecule has 0 saturated heterocycles. The third-order valence-corrected chi connectivity index (χ3v) is 5.47. The summed E-state index contributed by atoms with van der Waals surface area (Å²) in [6.45, 7) is 2.39. The Kier molecular flexibility index (Phi) is 5.61. The summed E-state index contributed by atoms with van der Waals surface area (Å²) >= 11 is 0. The van der Waals surface area contributed by atoms with Crippen molar-refractivity contribution < 1.29 is 4.79 Å². The van der Waals surface area contributed by atoms with Crippen molar-refractivity contribution in [2.24, 2.45) is 5.73 Å². The fraction of sp³-hybridized carbons (Fsp3) is 0.0769.